The molecule has 0 atom stereocenters. The lowest BCUT2D eigenvalue weighted by atomic mass is 10.1. The Morgan fingerprint density at radius 3 is 2.52 bits per heavy atom. The molecule has 5 nitrogen and oxygen atoms in total. The Hall–Kier alpha value is -2.90. The van der Waals surface area contributed by atoms with Crippen LogP contribution in [0.4, 0.5) is 24.7 Å². The topological polar surface area (TPSA) is 66.9 Å². The first-order valence-electron chi connectivity index (χ1n) is 6.58. The number of halogens is 3. The van der Waals surface area contributed by atoms with Crippen molar-refractivity contribution in [2.45, 2.75) is 6.18 Å². The maximum absolute atomic E-state index is 12.9. The molecule has 0 fully saturated rings. The Morgan fingerprint density at radius 1 is 1.17 bits per heavy atom. The van der Waals surface area contributed by atoms with Gasteiger partial charge >= 0.3 is 6.18 Å². The number of aromatic nitrogens is 2. The van der Waals surface area contributed by atoms with E-state index in [1.165, 1.54) is 36.4 Å². The van der Waals surface area contributed by atoms with Gasteiger partial charge in [0.05, 0.1) is 11.3 Å². The molecule has 0 saturated heterocycles. The molecule has 0 bridgehead atoms. The molecule has 0 aliphatic rings. The number of nitrogens with zero attached hydrogens (tertiary/aromatic N) is 2. The number of hydrogen-bond acceptors (Lipinski definition) is 4. The third kappa shape index (κ3) is 4.29. The molecule has 2 rings (SSSR count). The van der Waals surface area contributed by atoms with E-state index >= 15 is 0 Å². The van der Waals surface area contributed by atoms with Gasteiger partial charge < -0.3 is 10.6 Å². The third-order valence-corrected chi connectivity index (χ3v) is 2.80. The van der Waals surface area contributed by atoms with Crippen molar-refractivity contribution in [1.82, 2.24) is 15.5 Å². The van der Waals surface area contributed by atoms with Gasteiger partial charge in [0.2, 0.25) is 0 Å². The molecule has 23 heavy (non-hydrogen) atoms. The highest BCUT2D eigenvalue weighted by molar-refractivity contribution is 5.92. The SMILES string of the molecule is C=CCNC(=O)c1ccc(Nc2ccccc2C(F)(F)F)nn1. The van der Waals surface area contributed by atoms with Gasteiger partial charge in [-0.2, -0.15) is 13.2 Å². The van der Waals surface area contributed by atoms with E-state index in [4.69, 9.17) is 0 Å². The highest BCUT2D eigenvalue weighted by Gasteiger charge is 2.33. The van der Waals surface area contributed by atoms with Crippen LogP contribution in [0.15, 0.2) is 49.1 Å². The molecular formula is C15H13F3N4O. The van der Waals surface area contributed by atoms with E-state index in [-0.39, 0.29) is 23.7 Å². The molecule has 8 heteroatoms. The Balaban J connectivity index is 2.16. The van der Waals surface area contributed by atoms with E-state index in [1.807, 2.05) is 0 Å². The molecule has 0 spiro atoms. The van der Waals surface area contributed by atoms with Crippen molar-refractivity contribution in [3.8, 4) is 0 Å². The van der Waals surface area contributed by atoms with Crippen LogP contribution in [0.2, 0.25) is 0 Å². The van der Waals surface area contributed by atoms with Gasteiger partial charge in [-0.15, -0.1) is 16.8 Å². The van der Waals surface area contributed by atoms with Gasteiger partial charge in [0.15, 0.2) is 11.5 Å². The molecule has 1 aromatic heterocycles. The highest BCUT2D eigenvalue weighted by Crippen LogP contribution is 2.35. The first-order chi connectivity index (χ1) is 10.9. The van der Waals surface area contributed by atoms with Crippen LogP contribution in [-0.2, 0) is 6.18 Å². The lowest BCUT2D eigenvalue weighted by Gasteiger charge is -2.13. The summed E-state index contributed by atoms with van der Waals surface area (Å²) in [4.78, 5) is 11.6. The Kier molecular flexibility index (Phi) is 4.95. The molecule has 2 N–H and O–H groups in total. The number of anilines is 2. The van der Waals surface area contributed by atoms with E-state index in [0.717, 1.165) is 6.07 Å². The van der Waals surface area contributed by atoms with Crippen LogP contribution in [-0.4, -0.2) is 22.6 Å². The van der Waals surface area contributed by atoms with Crippen LogP contribution in [0.5, 0.6) is 0 Å². The van der Waals surface area contributed by atoms with Crippen LogP contribution in [0.1, 0.15) is 16.1 Å². The fourth-order valence-electron chi connectivity index (χ4n) is 1.75. The summed E-state index contributed by atoms with van der Waals surface area (Å²) in [6, 6.07) is 7.77. The summed E-state index contributed by atoms with van der Waals surface area (Å²) >= 11 is 0. The zero-order chi connectivity index (χ0) is 16.9. The van der Waals surface area contributed by atoms with Gasteiger partial charge in [-0.1, -0.05) is 18.2 Å². The summed E-state index contributed by atoms with van der Waals surface area (Å²) in [5.41, 5.74) is -0.894. The summed E-state index contributed by atoms with van der Waals surface area (Å²) in [6.07, 6.45) is -2.98. The molecule has 0 unspecified atom stereocenters. The molecule has 0 aliphatic carbocycles. The minimum Gasteiger partial charge on any atom is -0.347 e. The smallest absolute Gasteiger partial charge is 0.347 e. The number of alkyl halides is 3. The maximum atomic E-state index is 12.9. The predicted molar refractivity (Wildman–Crippen MR) is 79.3 cm³/mol. The van der Waals surface area contributed by atoms with Crippen LogP contribution in [0, 0.1) is 0 Å². The summed E-state index contributed by atoms with van der Waals surface area (Å²) in [7, 11) is 0. The molecule has 120 valence electrons. The van der Waals surface area contributed by atoms with Crippen LogP contribution >= 0.6 is 0 Å². The van der Waals surface area contributed by atoms with Crippen molar-refractivity contribution in [3.63, 3.8) is 0 Å². The van der Waals surface area contributed by atoms with Gasteiger partial charge in [-0.3, -0.25) is 4.79 Å². The summed E-state index contributed by atoms with van der Waals surface area (Å²) < 4.78 is 38.7. The van der Waals surface area contributed by atoms with Gasteiger partial charge in [0.25, 0.3) is 5.91 Å². The number of carbonyl (C=O) groups is 1. The van der Waals surface area contributed by atoms with Crippen molar-refractivity contribution in [1.29, 1.82) is 0 Å². The fourth-order valence-corrected chi connectivity index (χ4v) is 1.75. The molecule has 0 saturated carbocycles. The second-order valence-corrected chi connectivity index (χ2v) is 4.47. The maximum Gasteiger partial charge on any atom is 0.418 e. The van der Waals surface area contributed by atoms with E-state index in [1.54, 1.807) is 0 Å². The zero-order valence-electron chi connectivity index (χ0n) is 11.9. The Labute approximate surface area is 130 Å². The normalized spacial score (nSPS) is 10.9. The minimum absolute atomic E-state index is 0.0570. The number of nitrogens with one attached hydrogen (secondary N) is 2. The average molecular weight is 322 g/mol. The number of amides is 1. The fraction of sp³-hybridized carbons (Fsp3) is 0.133. The minimum atomic E-state index is -4.48. The highest BCUT2D eigenvalue weighted by atomic mass is 19.4. The number of carbonyl (C=O) groups excluding carboxylic acids is 1. The molecule has 1 amide bonds. The van der Waals surface area contributed by atoms with E-state index in [0.29, 0.717) is 0 Å². The van der Waals surface area contributed by atoms with Gasteiger partial charge in [-0.05, 0) is 24.3 Å². The van der Waals surface area contributed by atoms with Crippen molar-refractivity contribution >= 4 is 17.4 Å². The van der Waals surface area contributed by atoms with Gasteiger partial charge in [0, 0.05) is 6.54 Å². The first-order valence-corrected chi connectivity index (χ1v) is 6.58. The van der Waals surface area contributed by atoms with Crippen molar-refractivity contribution in [2.24, 2.45) is 0 Å². The van der Waals surface area contributed by atoms with E-state index in [9.17, 15) is 18.0 Å². The standard InChI is InChI=1S/C15H13F3N4O/c1-2-9-19-14(23)12-7-8-13(22-21-12)20-11-6-4-3-5-10(11)15(16,17)18/h2-8H,1,9H2,(H,19,23)(H,20,22). The molecule has 1 heterocycles. The average Bonchev–Trinajstić information content (AvgIpc) is 2.53. The summed E-state index contributed by atoms with van der Waals surface area (Å²) in [5.74, 6) is -0.346. The van der Waals surface area contributed by atoms with Crippen molar-refractivity contribution in [3.05, 3.63) is 60.3 Å². The number of benzene rings is 1. The molecule has 0 aliphatic heterocycles. The molecule has 2 aromatic rings. The monoisotopic (exact) mass is 322 g/mol. The van der Waals surface area contributed by atoms with E-state index < -0.39 is 17.6 Å². The Morgan fingerprint density at radius 2 is 1.91 bits per heavy atom. The number of hydrogen-bond donors (Lipinski definition) is 2. The second-order valence-electron chi connectivity index (χ2n) is 4.47. The molecule has 0 radical (unpaired) electrons. The van der Waals surface area contributed by atoms with Crippen LogP contribution < -0.4 is 10.6 Å². The first kappa shape index (κ1) is 16.5. The zero-order valence-corrected chi connectivity index (χ0v) is 11.9. The number of para-hydroxylation sites is 1. The van der Waals surface area contributed by atoms with Crippen LogP contribution in [0.3, 0.4) is 0 Å². The summed E-state index contributed by atoms with van der Waals surface area (Å²) in [5, 5.41) is 12.5. The lowest BCUT2D eigenvalue weighted by Crippen LogP contribution is -2.24. The predicted octanol–water partition coefficient (Wildman–Crippen LogP) is 3.15. The Bertz CT molecular complexity index is 699. The second kappa shape index (κ2) is 6.91. The van der Waals surface area contributed by atoms with Crippen molar-refractivity contribution < 1.29 is 18.0 Å². The van der Waals surface area contributed by atoms with Gasteiger partial charge in [-0.25, -0.2) is 0 Å². The third-order valence-electron chi connectivity index (χ3n) is 2.80. The van der Waals surface area contributed by atoms with Gasteiger partial charge in [0.1, 0.15) is 0 Å². The largest absolute Gasteiger partial charge is 0.418 e. The lowest BCUT2D eigenvalue weighted by molar-refractivity contribution is -0.136. The number of rotatable bonds is 5. The molecule has 1 aromatic carbocycles. The van der Waals surface area contributed by atoms with E-state index in [2.05, 4.69) is 27.4 Å². The van der Waals surface area contributed by atoms with Crippen molar-refractivity contribution in [2.75, 3.05) is 11.9 Å². The quantitative estimate of drug-likeness (QED) is 0.830. The summed E-state index contributed by atoms with van der Waals surface area (Å²) in [6.45, 7) is 3.74. The molecular weight excluding hydrogens is 309 g/mol. The van der Waals surface area contributed by atoms with Crippen LogP contribution in [0.25, 0.3) is 0 Å².